The van der Waals surface area contributed by atoms with E-state index in [0.717, 1.165) is 12.8 Å². The number of terminal acetylenes is 1. The smallest absolute Gasteiger partial charge is 0.0799 e. The molecule has 1 rings (SSSR count). The third kappa shape index (κ3) is 2.23. The Bertz CT molecular complexity index is 165. The number of aliphatic hydroxyl groups excluding tert-OH is 1. The van der Waals surface area contributed by atoms with E-state index in [4.69, 9.17) is 11.5 Å². The molecule has 0 bridgehead atoms. The van der Waals surface area contributed by atoms with Gasteiger partial charge in [0.05, 0.1) is 12.1 Å². The summed E-state index contributed by atoms with van der Waals surface area (Å²) in [5, 5.41) is 11.9. The maximum absolute atomic E-state index is 8.68. The van der Waals surface area contributed by atoms with Crippen molar-refractivity contribution in [3.8, 4) is 12.3 Å². The van der Waals surface area contributed by atoms with E-state index in [9.17, 15) is 0 Å². The lowest BCUT2D eigenvalue weighted by atomic mass is 9.82. The lowest BCUT2D eigenvalue weighted by Gasteiger charge is -2.33. The van der Waals surface area contributed by atoms with Crippen molar-refractivity contribution in [2.24, 2.45) is 0 Å². The van der Waals surface area contributed by atoms with Crippen LogP contribution in [0, 0.1) is 12.3 Å². The van der Waals surface area contributed by atoms with Gasteiger partial charge in [-0.2, -0.15) is 0 Å². The van der Waals surface area contributed by atoms with E-state index >= 15 is 0 Å². The van der Waals surface area contributed by atoms with Crippen LogP contribution in [0.1, 0.15) is 32.1 Å². The van der Waals surface area contributed by atoms with Crippen LogP contribution in [-0.2, 0) is 0 Å². The molecule has 2 N–H and O–H groups in total. The van der Waals surface area contributed by atoms with Crippen molar-refractivity contribution in [2.45, 2.75) is 37.6 Å². The first-order chi connectivity index (χ1) is 5.83. The maximum atomic E-state index is 8.68. The summed E-state index contributed by atoms with van der Waals surface area (Å²) in [4.78, 5) is 0. The highest BCUT2D eigenvalue weighted by Crippen LogP contribution is 2.27. The summed E-state index contributed by atoms with van der Waals surface area (Å²) in [5.74, 6) is 2.83. The fourth-order valence-electron chi connectivity index (χ4n) is 1.82. The molecule has 0 aromatic rings. The van der Waals surface area contributed by atoms with Crippen molar-refractivity contribution in [1.29, 1.82) is 0 Å². The second-order valence-electron chi connectivity index (χ2n) is 3.44. The number of aliphatic hydroxyl groups is 1. The predicted molar refractivity (Wildman–Crippen MR) is 49.7 cm³/mol. The molecule has 0 unspecified atom stereocenters. The van der Waals surface area contributed by atoms with Crippen LogP contribution in [0.4, 0.5) is 0 Å². The van der Waals surface area contributed by atoms with Gasteiger partial charge >= 0.3 is 0 Å². The third-order valence-electron chi connectivity index (χ3n) is 2.56. The Morgan fingerprint density at radius 2 is 2.00 bits per heavy atom. The van der Waals surface area contributed by atoms with Crippen molar-refractivity contribution >= 4 is 0 Å². The van der Waals surface area contributed by atoms with Crippen LogP contribution in [0.15, 0.2) is 0 Å². The molecule has 0 amide bonds. The summed E-state index contributed by atoms with van der Waals surface area (Å²) in [6, 6.07) is 0. The SMILES string of the molecule is C#CC1(NCCO)CCCCC1. The minimum absolute atomic E-state index is 0.110. The molecule has 2 heteroatoms. The van der Waals surface area contributed by atoms with Gasteiger partial charge in [-0.05, 0) is 12.8 Å². The van der Waals surface area contributed by atoms with E-state index in [2.05, 4.69) is 11.2 Å². The molecule has 1 aliphatic carbocycles. The molecule has 0 aliphatic heterocycles. The van der Waals surface area contributed by atoms with E-state index in [-0.39, 0.29) is 12.1 Å². The van der Waals surface area contributed by atoms with Crippen molar-refractivity contribution in [1.82, 2.24) is 5.32 Å². The first-order valence-corrected chi connectivity index (χ1v) is 4.67. The van der Waals surface area contributed by atoms with Crippen molar-refractivity contribution in [3.63, 3.8) is 0 Å². The third-order valence-corrected chi connectivity index (χ3v) is 2.56. The van der Waals surface area contributed by atoms with E-state index in [1.54, 1.807) is 0 Å². The molecule has 68 valence electrons. The Hall–Kier alpha value is -0.520. The summed E-state index contributed by atoms with van der Waals surface area (Å²) in [5.41, 5.74) is -0.110. The Balaban J connectivity index is 2.44. The van der Waals surface area contributed by atoms with Gasteiger partial charge < -0.3 is 5.11 Å². The molecule has 0 radical (unpaired) electrons. The van der Waals surface area contributed by atoms with Gasteiger partial charge in [0.15, 0.2) is 0 Å². The van der Waals surface area contributed by atoms with Crippen molar-refractivity contribution in [2.75, 3.05) is 13.2 Å². The molecule has 0 saturated heterocycles. The molecule has 0 aromatic heterocycles. The van der Waals surface area contributed by atoms with E-state index in [1.807, 2.05) is 0 Å². The van der Waals surface area contributed by atoms with Gasteiger partial charge in [-0.15, -0.1) is 6.42 Å². The molecule has 1 saturated carbocycles. The van der Waals surface area contributed by atoms with E-state index in [0.29, 0.717) is 6.54 Å². The molecule has 0 aromatic carbocycles. The molecular weight excluding hydrogens is 150 g/mol. The van der Waals surface area contributed by atoms with Crippen LogP contribution in [0.2, 0.25) is 0 Å². The maximum Gasteiger partial charge on any atom is 0.0799 e. The number of rotatable bonds is 3. The summed E-state index contributed by atoms with van der Waals surface area (Å²) in [6.07, 6.45) is 11.3. The van der Waals surface area contributed by atoms with Gasteiger partial charge in [0.1, 0.15) is 0 Å². The molecular formula is C10H17NO. The first kappa shape index (κ1) is 9.57. The first-order valence-electron chi connectivity index (χ1n) is 4.67. The topological polar surface area (TPSA) is 32.3 Å². The normalized spacial score (nSPS) is 21.7. The Morgan fingerprint density at radius 1 is 1.33 bits per heavy atom. The van der Waals surface area contributed by atoms with Crippen LogP contribution in [0.25, 0.3) is 0 Å². The van der Waals surface area contributed by atoms with Crippen LogP contribution < -0.4 is 5.32 Å². The Morgan fingerprint density at radius 3 is 2.50 bits per heavy atom. The summed E-state index contributed by atoms with van der Waals surface area (Å²) in [6.45, 7) is 0.785. The van der Waals surface area contributed by atoms with E-state index in [1.165, 1.54) is 19.3 Å². The molecule has 0 atom stereocenters. The molecule has 1 aliphatic rings. The monoisotopic (exact) mass is 167 g/mol. The van der Waals surface area contributed by atoms with E-state index < -0.39 is 0 Å². The average molecular weight is 167 g/mol. The quantitative estimate of drug-likeness (QED) is 0.612. The molecule has 1 fully saturated rings. The van der Waals surface area contributed by atoms with Crippen molar-refractivity contribution < 1.29 is 5.11 Å². The highest BCUT2D eigenvalue weighted by molar-refractivity contribution is 5.13. The zero-order chi connectivity index (χ0) is 8.86. The molecule has 0 heterocycles. The van der Waals surface area contributed by atoms with Gasteiger partial charge in [0, 0.05) is 6.54 Å². The van der Waals surface area contributed by atoms with Gasteiger partial charge in [-0.3, -0.25) is 5.32 Å². The van der Waals surface area contributed by atoms with Gasteiger partial charge in [-0.1, -0.05) is 25.2 Å². The predicted octanol–water partition coefficient (Wildman–Crippen LogP) is 0.904. The fourth-order valence-corrected chi connectivity index (χ4v) is 1.82. The van der Waals surface area contributed by atoms with Gasteiger partial charge in [0.2, 0.25) is 0 Å². The Labute approximate surface area is 74.4 Å². The average Bonchev–Trinajstić information content (AvgIpc) is 2.16. The number of nitrogens with one attached hydrogen (secondary N) is 1. The lowest BCUT2D eigenvalue weighted by Crippen LogP contribution is -2.46. The van der Waals surface area contributed by atoms with Crippen molar-refractivity contribution in [3.05, 3.63) is 0 Å². The largest absolute Gasteiger partial charge is 0.395 e. The van der Waals surface area contributed by atoms with Crippen LogP contribution in [0.3, 0.4) is 0 Å². The minimum atomic E-state index is -0.110. The van der Waals surface area contributed by atoms with Crippen LogP contribution in [-0.4, -0.2) is 23.8 Å². The number of β-amino-alcohol motifs (C(OH)–C–C–N with tert-alkyl or cyclic N) is 1. The summed E-state index contributed by atoms with van der Waals surface area (Å²) in [7, 11) is 0. The molecule has 2 nitrogen and oxygen atoms in total. The number of hydrogen-bond acceptors (Lipinski definition) is 2. The summed E-state index contributed by atoms with van der Waals surface area (Å²) < 4.78 is 0. The Kier molecular flexibility index (Phi) is 3.58. The standard InChI is InChI=1S/C10H17NO/c1-2-10(11-8-9-12)6-4-3-5-7-10/h1,11-12H,3-9H2. The zero-order valence-electron chi connectivity index (χ0n) is 7.47. The second-order valence-corrected chi connectivity index (χ2v) is 3.44. The second kappa shape index (κ2) is 4.49. The zero-order valence-corrected chi connectivity index (χ0v) is 7.47. The summed E-state index contributed by atoms with van der Waals surface area (Å²) >= 11 is 0. The molecule has 0 spiro atoms. The highest BCUT2D eigenvalue weighted by atomic mass is 16.3. The lowest BCUT2D eigenvalue weighted by molar-refractivity contribution is 0.245. The molecule has 12 heavy (non-hydrogen) atoms. The fraction of sp³-hybridized carbons (Fsp3) is 0.800. The minimum Gasteiger partial charge on any atom is -0.395 e. The van der Waals surface area contributed by atoms with Crippen LogP contribution >= 0.6 is 0 Å². The highest BCUT2D eigenvalue weighted by Gasteiger charge is 2.28. The van der Waals surface area contributed by atoms with Gasteiger partial charge in [-0.25, -0.2) is 0 Å². The van der Waals surface area contributed by atoms with Gasteiger partial charge in [0.25, 0.3) is 0 Å². The van der Waals surface area contributed by atoms with Crippen LogP contribution in [0.5, 0.6) is 0 Å². The number of hydrogen-bond donors (Lipinski definition) is 2.